The molecule has 0 fully saturated rings. The van der Waals surface area contributed by atoms with Gasteiger partial charge in [0.25, 0.3) is 0 Å². The van der Waals surface area contributed by atoms with Crippen molar-refractivity contribution in [3.63, 3.8) is 0 Å². The minimum Gasteiger partial charge on any atom is -0.355 e. The first-order chi connectivity index (χ1) is 9.31. The molecule has 0 aliphatic carbocycles. The Bertz CT molecular complexity index is 594. The van der Waals surface area contributed by atoms with Gasteiger partial charge in [0.05, 0.1) is 24.0 Å². The summed E-state index contributed by atoms with van der Waals surface area (Å²) in [5, 5.41) is 2.79. The van der Waals surface area contributed by atoms with Crippen molar-refractivity contribution in [3.8, 4) is 0 Å². The number of nitrogens with one attached hydrogen (secondary N) is 3. The quantitative estimate of drug-likeness (QED) is 0.463. The van der Waals surface area contributed by atoms with E-state index in [9.17, 15) is 12.6 Å². The molecule has 1 aromatic heterocycles. The highest BCUT2D eigenvalue weighted by Gasteiger charge is 2.08. The van der Waals surface area contributed by atoms with Crippen LogP contribution < -0.4 is 10.0 Å². The second-order valence-corrected chi connectivity index (χ2v) is 7.46. The summed E-state index contributed by atoms with van der Waals surface area (Å²) in [5.74, 6) is 0.881. The Balaban J connectivity index is 2.37. The number of H-pyrrole nitrogens is 1. The van der Waals surface area contributed by atoms with Crippen molar-refractivity contribution in [2.75, 3.05) is 25.6 Å². The molecule has 0 radical (unpaired) electrons. The van der Waals surface area contributed by atoms with Crippen molar-refractivity contribution in [2.24, 2.45) is 4.99 Å². The Morgan fingerprint density at radius 1 is 1.55 bits per heavy atom. The average molecular weight is 321 g/mol. The Labute approximate surface area is 121 Å². The van der Waals surface area contributed by atoms with Gasteiger partial charge >= 0.3 is 0 Å². The molecule has 1 unspecified atom stereocenters. The fourth-order valence-electron chi connectivity index (χ4n) is 1.38. The Hall–Kier alpha value is -1.42. The number of hydrogen-bond acceptors (Lipinski definition) is 5. The first-order valence-electron chi connectivity index (χ1n) is 5.84. The molecule has 0 aliphatic heterocycles. The van der Waals surface area contributed by atoms with Crippen LogP contribution in [0.1, 0.15) is 11.4 Å². The van der Waals surface area contributed by atoms with Crippen LogP contribution in [0.3, 0.4) is 0 Å². The van der Waals surface area contributed by atoms with Gasteiger partial charge in [0.2, 0.25) is 16.0 Å². The van der Waals surface area contributed by atoms with Crippen LogP contribution in [0.5, 0.6) is 0 Å². The highest BCUT2D eigenvalue weighted by molar-refractivity contribution is 7.89. The molecule has 0 bridgehead atoms. The van der Waals surface area contributed by atoms with Crippen molar-refractivity contribution < 1.29 is 12.6 Å². The first kappa shape index (κ1) is 16.6. The van der Waals surface area contributed by atoms with Gasteiger partial charge in [0, 0.05) is 35.8 Å². The normalized spacial score (nSPS) is 14.1. The summed E-state index contributed by atoms with van der Waals surface area (Å²) >= 11 is 0. The van der Waals surface area contributed by atoms with E-state index in [1.807, 2.05) is 6.92 Å². The molecular weight excluding hydrogens is 302 g/mol. The van der Waals surface area contributed by atoms with E-state index < -0.39 is 20.8 Å². The van der Waals surface area contributed by atoms with Gasteiger partial charge in [-0.05, 0) is 6.92 Å². The number of aryl methyl sites for hydroxylation is 1. The summed E-state index contributed by atoms with van der Waals surface area (Å²) < 4.78 is 36.2. The maximum atomic E-state index is 11.9. The maximum absolute atomic E-state index is 11.9. The third-order valence-corrected chi connectivity index (χ3v) is 4.18. The number of sulfonamides is 1. The van der Waals surface area contributed by atoms with Crippen molar-refractivity contribution in [1.82, 2.24) is 20.0 Å². The lowest BCUT2D eigenvalue weighted by molar-refractivity contribution is 0.597. The highest BCUT2D eigenvalue weighted by Crippen LogP contribution is 2.03. The summed E-state index contributed by atoms with van der Waals surface area (Å²) in [6.07, 6.45) is 2.61. The van der Waals surface area contributed by atoms with Gasteiger partial charge in [-0.3, -0.25) is 13.9 Å². The van der Waals surface area contributed by atoms with Crippen molar-refractivity contribution >= 4 is 26.8 Å². The fraction of sp³-hybridized carbons (Fsp3) is 0.600. The number of aliphatic imine (C=N–C) groups is 1. The molecule has 8 nitrogen and oxygen atoms in total. The number of rotatable bonds is 6. The minimum atomic E-state index is -3.37. The molecule has 3 N–H and O–H groups in total. The number of nitrogens with zero attached hydrogens (tertiary/aromatic N) is 2. The van der Waals surface area contributed by atoms with Crippen molar-refractivity contribution in [2.45, 2.75) is 12.7 Å². The van der Waals surface area contributed by atoms with Crippen LogP contribution in [0.2, 0.25) is 0 Å². The topological polar surface area (TPSA) is 116 Å². The van der Waals surface area contributed by atoms with Crippen LogP contribution in [0.25, 0.3) is 0 Å². The van der Waals surface area contributed by atoms with Crippen molar-refractivity contribution in [1.29, 1.82) is 0 Å². The molecule has 0 saturated heterocycles. The van der Waals surface area contributed by atoms with Crippen LogP contribution in [0, 0.1) is 6.92 Å². The van der Waals surface area contributed by atoms with Crippen LogP contribution in [0.15, 0.2) is 11.3 Å². The molecule has 1 aromatic rings. The Morgan fingerprint density at radius 3 is 2.75 bits per heavy atom. The van der Waals surface area contributed by atoms with Crippen LogP contribution >= 0.6 is 0 Å². The largest absolute Gasteiger partial charge is 0.355 e. The zero-order chi connectivity index (χ0) is 15.2. The monoisotopic (exact) mass is 321 g/mol. The minimum absolute atomic E-state index is 0.139. The third kappa shape index (κ3) is 6.15. The third-order valence-electron chi connectivity index (χ3n) is 2.36. The number of imidazole rings is 1. The molecule has 0 spiro atoms. The molecular formula is C10H19N5O3S2. The standard InChI is InChI=1S/C10H19N5O3S2/c1-8-9(14-7-13-8)6-19(16)5-4-12-10(11-2)15-20(3,17)18/h7H,4-6H2,1-3H3,(H,13,14)(H2,11,12,15). The number of aromatic amines is 1. The van der Waals surface area contributed by atoms with E-state index >= 15 is 0 Å². The number of hydrogen-bond donors (Lipinski definition) is 3. The average Bonchev–Trinajstić information content (AvgIpc) is 2.72. The summed E-state index contributed by atoms with van der Waals surface area (Å²) in [7, 11) is -2.98. The molecule has 0 saturated carbocycles. The second kappa shape index (κ2) is 7.39. The molecule has 1 atom stereocenters. The van der Waals surface area contributed by atoms with E-state index in [1.54, 1.807) is 6.33 Å². The summed E-state index contributed by atoms with van der Waals surface area (Å²) in [6, 6.07) is 0. The van der Waals surface area contributed by atoms with Gasteiger partial charge in [-0.2, -0.15) is 0 Å². The molecule has 20 heavy (non-hydrogen) atoms. The summed E-state index contributed by atoms with van der Waals surface area (Å²) in [6.45, 7) is 2.22. The van der Waals surface area contributed by atoms with Crippen molar-refractivity contribution in [3.05, 3.63) is 17.7 Å². The number of aromatic nitrogens is 2. The molecule has 0 aliphatic rings. The van der Waals surface area contributed by atoms with Crippen LogP contribution in [-0.2, 0) is 26.6 Å². The first-order valence-corrected chi connectivity index (χ1v) is 9.22. The zero-order valence-corrected chi connectivity index (χ0v) is 13.3. The van der Waals surface area contributed by atoms with E-state index in [1.165, 1.54) is 7.05 Å². The Kier molecular flexibility index (Phi) is 6.14. The van der Waals surface area contributed by atoms with Crippen LogP contribution in [-0.4, -0.2) is 54.2 Å². The molecule has 0 amide bonds. The molecule has 1 rings (SSSR count). The lowest BCUT2D eigenvalue weighted by Crippen LogP contribution is -2.41. The van der Waals surface area contributed by atoms with Gasteiger partial charge in [0.1, 0.15) is 0 Å². The fourth-order valence-corrected chi connectivity index (χ4v) is 2.96. The Morgan fingerprint density at radius 2 is 2.25 bits per heavy atom. The van der Waals surface area contributed by atoms with E-state index in [-0.39, 0.29) is 5.96 Å². The lowest BCUT2D eigenvalue weighted by Gasteiger charge is -2.09. The van der Waals surface area contributed by atoms with Gasteiger partial charge in [-0.25, -0.2) is 13.4 Å². The van der Waals surface area contributed by atoms with Gasteiger partial charge in [-0.15, -0.1) is 0 Å². The SMILES string of the molecule is CN=C(NCCS(=O)Cc1nc[nH]c1C)NS(C)(=O)=O. The maximum Gasteiger partial charge on any atom is 0.232 e. The van der Waals surface area contributed by atoms with Gasteiger partial charge < -0.3 is 10.3 Å². The molecule has 1 heterocycles. The lowest BCUT2D eigenvalue weighted by atomic mass is 10.4. The van der Waals surface area contributed by atoms with Gasteiger partial charge in [0.15, 0.2) is 0 Å². The van der Waals surface area contributed by atoms with Crippen LogP contribution in [0.4, 0.5) is 0 Å². The zero-order valence-electron chi connectivity index (χ0n) is 11.6. The molecule has 0 aromatic carbocycles. The van der Waals surface area contributed by atoms with E-state index in [2.05, 4.69) is 25.0 Å². The summed E-state index contributed by atoms with van der Waals surface area (Å²) in [4.78, 5) is 10.8. The summed E-state index contributed by atoms with van der Waals surface area (Å²) in [5.41, 5.74) is 1.68. The molecule has 10 heteroatoms. The second-order valence-electron chi connectivity index (χ2n) is 4.14. The van der Waals surface area contributed by atoms with Gasteiger partial charge in [-0.1, -0.05) is 0 Å². The van der Waals surface area contributed by atoms with E-state index in [0.29, 0.717) is 18.1 Å². The predicted octanol–water partition coefficient (Wildman–Crippen LogP) is -0.909. The molecule has 114 valence electrons. The van der Waals surface area contributed by atoms with E-state index in [4.69, 9.17) is 0 Å². The predicted molar refractivity (Wildman–Crippen MR) is 79.4 cm³/mol. The highest BCUT2D eigenvalue weighted by atomic mass is 32.2. The number of guanidine groups is 1. The van der Waals surface area contributed by atoms with E-state index in [0.717, 1.165) is 17.6 Å². The smallest absolute Gasteiger partial charge is 0.232 e.